The molecule has 6 heteroatoms. The Kier molecular flexibility index (Phi) is 4.98. The Morgan fingerprint density at radius 3 is 2.41 bits per heavy atom. The van der Waals surface area contributed by atoms with Crippen LogP contribution in [0, 0.1) is 0 Å². The molecule has 0 aliphatic carbocycles. The van der Waals surface area contributed by atoms with E-state index in [0.717, 1.165) is 0 Å². The number of hydrogen-bond donors (Lipinski definition) is 1. The molecule has 0 aliphatic heterocycles. The van der Waals surface area contributed by atoms with Crippen LogP contribution in [0.2, 0.25) is 0 Å². The Morgan fingerprint density at radius 2 is 1.86 bits per heavy atom. The maximum absolute atomic E-state index is 12.2. The van der Waals surface area contributed by atoms with E-state index in [9.17, 15) is 9.59 Å². The highest BCUT2D eigenvalue weighted by Crippen LogP contribution is 2.12. The number of furan rings is 1. The smallest absolute Gasteiger partial charge is 0.354 e. The van der Waals surface area contributed by atoms with Crippen LogP contribution in [-0.2, 0) is 9.53 Å². The third-order valence-corrected chi connectivity index (χ3v) is 2.84. The third-order valence-electron chi connectivity index (χ3n) is 2.84. The summed E-state index contributed by atoms with van der Waals surface area (Å²) in [6, 6.07) is 9.83. The van der Waals surface area contributed by atoms with Crippen LogP contribution in [0.5, 0.6) is 5.75 Å². The lowest BCUT2D eigenvalue weighted by molar-refractivity contribution is -0.136. The Morgan fingerprint density at radius 1 is 1.14 bits per heavy atom. The fourth-order valence-electron chi connectivity index (χ4n) is 1.71. The number of benzene rings is 1. The van der Waals surface area contributed by atoms with Crippen molar-refractivity contribution in [1.29, 1.82) is 0 Å². The van der Waals surface area contributed by atoms with E-state index >= 15 is 0 Å². The van der Waals surface area contributed by atoms with Crippen molar-refractivity contribution >= 4 is 18.0 Å². The number of carbonyl (C=O) groups is 2. The minimum atomic E-state index is -0.668. The maximum atomic E-state index is 12.2. The molecule has 2 rings (SSSR count). The van der Waals surface area contributed by atoms with E-state index < -0.39 is 11.9 Å². The fourth-order valence-corrected chi connectivity index (χ4v) is 1.71. The third kappa shape index (κ3) is 3.76. The summed E-state index contributed by atoms with van der Waals surface area (Å²) in [5.74, 6) is -0.0459. The zero-order valence-corrected chi connectivity index (χ0v) is 12.2. The highest BCUT2D eigenvalue weighted by molar-refractivity contribution is 6.03. The molecule has 0 atom stereocenters. The molecule has 6 nitrogen and oxygen atoms in total. The molecule has 1 aromatic carbocycles. The van der Waals surface area contributed by atoms with Crippen molar-refractivity contribution in [3.05, 3.63) is 59.7 Å². The zero-order chi connectivity index (χ0) is 15.9. The van der Waals surface area contributed by atoms with Gasteiger partial charge in [0.15, 0.2) is 0 Å². The molecular formula is C16H15NO5. The second-order valence-electron chi connectivity index (χ2n) is 4.25. The van der Waals surface area contributed by atoms with Crippen LogP contribution in [0.1, 0.15) is 16.1 Å². The molecule has 0 radical (unpaired) electrons. The highest BCUT2D eigenvalue weighted by atomic mass is 16.5. The predicted molar refractivity (Wildman–Crippen MR) is 79.2 cm³/mol. The van der Waals surface area contributed by atoms with Gasteiger partial charge in [0, 0.05) is 11.6 Å². The molecule has 0 bridgehead atoms. The van der Waals surface area contributed by atoms with Gasteiger partial charge in [0.05, 0.1) is 20.5 Å². The molecule has 0 aliphatic rings. The Hall–Kier alpha value is -3.02. The first-order valence-corrected chi connectivity index (χ1v) is 6.43. The second-order valence-corrected chi connectivity index (χ2v) is 4.25. The number of nitrogens with one attached hydrogen (secondary N) is 1. The van der Waals surface area contributed by atoms with Crippen molar-refractivity contribution in [3.8, 4) is 5.75 Å². The fraction of sp³-hybridized carbons (Fsp3) is 0.125. The van der Waals surface area contributed by atoms with Crippen LogP contribution in [0.25, 0.3) is 6.08 Å². The van der Waals surface area contributed by atoms with Crippen LogP contribution in [0.3, 0.4) is 0 Å². The number of amides is 1. The van der Waals surface area contributed by atoms with Crippen LogP contribution < -0.4 is 10.1 Å². The Balaban J connectivity index is 2.19. The molecule has 0 fully saturated rings. The van der Waals surface area contributed by atoms with Gasteiger partial charge in [0.25, 0.3) is 5.91 Å². The molecule has 0 spiro atoms. The average Bonchev–Trinajstić information content (AvgIpc) is 3.06. The summed E-state index contributed by atoms with van der Waals surface area (Å²) in [6.07, 6.45) is 2.86. The summed E-state index contributed by atoms with van der Waals surface area (Å²) in [7, 11) is 2.77. The van der Waals surface area contributed by atoms with Gasteiger partial charge in [-0.05, 0) is 36.4 Å². The minimum Gasteiger partial charge on any atom is -0.497 e. The lowest BCUT2D eigenvalue weighted by Crippen LogP contribution is -2.28. The lowest BCUT2D eigenvalue weighted by atomic mass is 10.2. The van der Waals surface area contributed by atoms with E-state index in [-0.39, 0.29) is 5.70 Å². The Bertz CT molecular complexity index is 671. The largest absolute Gasteiger partial charge is 0.497 e. The number of rotatable bonds is 5. The average molecular weight is 301 g/mol. The summed E-state index contributed by atoms with van der Waals surface area (Å²) >= 11 is 0. The molecule has 0 saturated carbocycles. The van der Waals surface area contributed by atoms with Gasteiger partial charge >= 0.3 is 5.97 Å². The van der Waals surface area contributed by atoms with Crippen LogP contribution in [-0.4, -0.2) is 26.1 Å². The first kappa shape index (κ1) is 15.4. The monoisotopic (exact) mass is 301 g/mol. The van der Waals surface area contributed by atoms with E-state index in [4.69, 9.17) is 9.15 Å². The van der Waals surface area contributed by atoms with E-state index in [2.05, 4.69) is 10.1 Å². The number of esters is 1. The molecule has 1 heterocycles. The van der Waals surface area contributed by atoms with Crippen molar-refractivity contribution in [2.45, 2.75) is 0 Å². The van der Waals surface area contributed by atoms with Crippen molar-refractivity contribution in [1.82, 2.24) is 5.32 Å². The normalized spacial score (nSPS) is 10.9. The minimum absolute atomic E-state index is 0.0155. The van der Waals surface area contributed by atoms with Gasteiger partial charge in [0.2, 0.25) is 0 Å². The Labute approximate surface area is 127 Å². The van der Waals surface area contributed by atoms with Crippen molar-refractivity contribution < 1.29 is 23.5 Å². The number of hydrogen-bond acceptors (Lipinski definition) is 5. The van der Waals surface area contributed by atoms with E-state index in [1.54, 1.807) is 36.4 Å². The van der Waals surface area contributed by atoms with Gasteiger partial charge < -0.3 is 19.2 Å². The van der Waals surface area contributed by atoms with Gasteiger partial charge in [-0.1, -0.05) is 0 Å². The molecule has 0 saturated heterocycles. The molecule has 22 heavy (non-hydrogen) atoms. The van der Waals surface area contributed by atoms with Gasteiger partial charge in [-0.2, -0.15) is 0 Å². The molecule has 1 aromatic heterocycles. The maximum Gasteiger partial charge on any atom is 0.354 e. The number of ether oxygens (including phenoxy) is 2. The quantitative estimate of drug-likeness (QED) is 0.677. The van der Waals surface area contributed by atoms with Crippen molar-refractivity contribution in [2.75, 3.05) is 14.2 Å². The summed E-state index contributed by atoms with van der Waals surface area (Å²) in [5.41, 5.74) is 0.369. The first-order valence-electron chi connectivity index (χ1n) is 6.43. The summed E-state index contributed by atoms with van der Waals surface area (Å²) in [4.78, 5) is 23.9. The predicted octanol–water partition coefficient (Wildman–Crippen LogP) is 2.23. The van der Waals surface area contributed by atoms with Crippen LogP contribution in [0.15, 0.2) is 52.8 Å². The zero-order valence-electron chi connectivity index (χ0n) is 12.2. The van der Waals surface area contributed by atoms with Crippen LogP contribution in [0.4, 0.5) is 0 Å². The second kappa shape index (κ2) is 7.12. The van der Waals surface area contributed by atoms with Crippen LogP contribution >= 0.6 is 0 Å². The number of methoxy groups -OCH3 is 2. The van der Waals surface area contributed by atoms with E-state index in [1.165, 1.54) is 26.6 Å². The number of carbonyl (C=O) groups excluding carboxylic acids is 2. The van der Waals surface area contributed by atoms with Crippen molar-refractivity contribution in [2.24, 2.45) is 0 Å². The van der Waals surface area contributed by atoms with E-state index in [0.29, 0.717) is 17.1 Å². The van der Waals surface area contributed by atoms with Crippen molar-refractivity contribution in [3.63, 3.8) is 0 Å². The highest BCUT2D eigenvalue weighted by Gasteiger charge is 2.15. The molecule has 2 aromatic rings. The van der Waals surface area contributed by atoms with Gasteiger partial charge in [-0.15, -0.1) is 0 Å². The molecular weight excluding hydrogens is 286 g/mol. The SMILES string of the molecule is COC(=O)/C(=C\c1ccco1)NC(=O)c1ccc(OC)cc1. The van der Waals surface area contributed by atoms with Gasteiger partial charge in [-0.3, -0.25) is 4.79 Å². The summed E-state index contributed by atoms with van der Waals surface area (Å²) in [6.45, 7) is 0. The van der Waals surface area contributed by atoms with E-state index in [1.807, 2.05) is 0 Å². The summed E-state index contributed by atoms with van der Waals surface area (Å²) in [5, 5.41) is 2.51. The molecule has 0 unspecified atom stereocenters. The standard InChI is InChI=1S/C16H15NO5/c1-20-12-7-5-11(6-8-12)15(18)17-14(16(19)21-2)10-13-4-3-9-22-13/h3-10H,1-2H3,(H,17,18)/b14-10+. The summed E-state index contributed by atoms with van der Waals surface area (Å²) < 4.78 is 14.8. The molecule has 1 N–H and O–H groups in total. The lowest BCUT2D eigenvalue weighted by Gasteiger charge is -2.08. The molecule has 1 amide bonds. The molecule has 114 valence electrons. The van der Waals surface area contributed by atoms with Gasteiger partial charge in [0.1, 0.15) is 17.2 Å². The topological polar surface area (TPSA) is 77.8 Å². The first-order chi connectivity index (χ1) is 10.6. The van der Waals surface area contributed by atoms with Gasteiger partial charge in [-0.25, -0.2) is 4.79 Å².